The van der Waals surface area contributed by atoms with Crippen molar-refractivity contribution >= 4 is 13.2 Å². The average molecular weight is 174 g/mol. The van der Waals surface area contributed by atoms with Crippen molar-refractivity contribution in [1.82, 2.24) is 0 Å². The van der Waals surface area contributed by atoms with E-state index in [1.807, 2.05) is 30.3 Å². The molecule has 0 heterocycles. The molecule has 3 heteroatoms. The summed E-state index contributed by atoms with van der Waals surface area (Å²) in [5.74, 6) is 0. The Morgan fingerprint density at radius 3 is 2.38 bits per heavy atom. The van der Waals surface area contributed by atoms with E-state index in [-0.39, 0.29) is 5.47 Å². The Balaban J connectivity index is 2.64. The Hall–Kier alpha value is -1.32. The number of hydrogen-bond donors (Lipinski definition) is 2. The first kappa shape index (κ1) is 9.77. The molecule has 2 N–H and O–H groups in total. The minimum Gasteiger partial charge on any atom is -0.423 e. The zero-order chi connectivity index (χ0) is 9.68. The summed E-state index contributed by atoms with van der Waals surface area (Å²) < 4.78 is 0. The van der Waals surface area contributed by atoms with Crippen molar-refractivity contribution in [1.29, 1.82) is 0 Å². The number of allylic oxidation sites excluding steroid dienone is 2. The summed E-state index contributed by atoms with van der Waals surface area (Å²) >= 11 is 0. The van der Waals surface area contributed by atoms with E-state index in [1.54, 1.807) is 12.2 Å². The van der Waals surface area contributed by atoms with Gasteiger partial charge in [-0.15, -0.1) is 0 Å². The molecular weight excluding hydrogens is 163 g/mol. The Morgan fingerprint density at radius 1 is 1.23 bits per heavy atom. The molecular formula is C10H11BO2. The maximum atomic E-state index is 8.70. The van der Waals surface area contributed by atoms with Crippen LogP contribution in [0.15, 0.2) is 48.5 Å². The molecule has 0 fully saturated rings. The minimum atomic E-state index is -1.47. The molecule has 13 heavy (non-hydrogen) atoms. The van der Waals surface area contributed by atoms with Crippen LogP contribution in [-0.4, -0.2) is 17.2 Å². The molecule has 2 nitrogen and oxygen atoms in total. The lowest BCUT2D eigenvalue weighted by molar-refractivity contribution is 0.421. The first-order chi connectivity index (χ1) is 6.20. The number of benzene rings is 1. The lowest BCUT2D eigenvalue weighted by Crippen LogP contribution is -2.12. The average Bonchev–Trinajstić information content (AvgIpc) is 2.15. The van der Waals surface area contributed by atoms with E-state index in [4.69, 9.17) is 10.0 Å². The van der Waals surface area contributed by atoms with E-state index >= 15 is 0 Å². The zero-order valence-corrected chi connectivity index (χ0v) is 7.22. The molecule has 0 spiro atoms. The van der Waals surface area contributed by atoms with Crippen molar-refractivity contribution in [3.63, 3.8) is 0 Å². The molecule has 0 aliphatic carbocycles. The van der Waals surface area contributed by atoms with Crippen LogP contribution in [0.5, 0.6) is 0 Å². The van der Waals surface area contributed by atoms with E-state index in [0.29, 0.717) is 0 Å². The maximum Gasteiger partial charge on any atom is 0.487 e. The second kappa shape index (κ2) is 4.65. The van der Waals surface area contributed by atoms with Gasteiger partial charge < -0.3 is 10.0 Å². The van der Waals surface area contributed by atoms with E-state index in [1.165, 1.54) is 0 Å². The summed E-state index contributed by atoms with van der Waals surface area (Å²) in [6, 6.07) is 9.60. The van der Waals surface area contributed by atoms with Gasteiger partial charge in [-0.2, -0.15) is 0 Å². The van der Waals surface area contributed by atoms with Gasteiger partial charge in [0, 0.05) is 0 Å². The van der Waals surface area contributed by atoms with Gasteiger partial charge in [0.2, 0.25) is 0 Å². The topological polar surface area (TPSA) is 40.5 Å². The predicted molar refractivity (Wildman–Crippen MR) is 54.8 cm³/mol. The Bertz CT molecular complexity index is 304. The molecule has 0 aliphatic rings. The molecule has 0 radical (unpaired) electrons. The first-order valence-electron chi connectivity index (χ1n) is 3.98. The van der Waals surface area contributed by atoms with Crippen molar-refractivity contribution in [2.24, 2.45) is 0 Å². The standard InChI is InChI=1S/C10H11BO2/c1-9(11(12)13)7-8-10-5-3-2-4-6-10/h2-8,12-13H,1H2/b8-7+. The van der Waals surface area contributed by atoms with Crippen LogP contribution < -0.4 is 0 Å². The van der Waals surface area contributed by atoms with Crippen molar-refractivity contribution in [3.05, 3.63) is 54.0 Å². The predicted octanol–water partition coefficient (Wildman–Crippen LogP) is 1.27. The molecule has 0 aromatic heterocycles. The lowest BCUT2D eigenvalue weighted by Gasteiger charge is -1.95. The number of hydrogen-bond acceptors (Lipinski definition) is 2. The Morgan fingerprint density at radius 2 is 1.85 bits per heavy atom. The minimum absolute atomic E-state index is 0.281. The zero-order valence-electron chi connectivity index (χ0n) is 7.22. The molecule has 1 aromatic rings. The van der Waals surface area contributed by atoms with Gasteiger partial charge in [-0.3, -0.25) is 0 Å². The quantitative estimate of drug-likeness (QED) is 0.535. The highest BCUT2D eigenvalue weighted by atomic mass is 16.4. The molecule has 0 saturated carbocycles. The van der Waals surface area contributed by atoms with Gasteiger partial charge in [0.1, 0.15) is 0 Å². The number of rotatable bonds is 3. The van der Waals surface area contributed by atoms with Crippen molar-refractivity contribution < 1.29 is 10.0 Å². The fraction of sp³-hybridized carbons (Fsp3) is 0. The Kier molecular flexibility index (Phi) is 3.49. The van der Waals surface area contributed by atoms with Crippen LogP contribution in [0, 0.1) is 0 Å². The molecule has 0 unspecified atom stereocenters. The summed E-state index contributed by atoms with van der Waals surface area (Å²) in [5, 5.41) is 17.4. The fourth-order valence-electron chi connectivity index (χ4n) is 0.853. The van der Waals surface area contributed by atoms with Crippen LogP contribution >= 0.6 is 0 Å². The molecule has 0 saturated heterocycles. The summed E-state index contributed by atoms with van der Waals surface area (Å²) in [7, 11) is -1.47. The highest BCUT2D eigenvalue weighted by molar-refractivity contribution is 6.51. The molecule has 66 valence electrons. The highest BCUT2D eigenvalue weighted by Gasteiger charge is 2.07. The van der Waals surface area contributed by atoms with Crippen LogP contribution in [-0.2, 0) is 0 Å². The normalized spacial score (nSPS) is 10.3. The Labute approximate surface area is 78.0 Å². The molecule has 0 atom stereocenters. The molecule has 1 rings (SSSR count). The van der Waals surface area contributed by atoms with E-state index in [9.17, 15) is 0 Å². The second-order valence-electron chi connectivity index (χ2n) is 2.69. The fourth-order valence-corrected chi connectivity index (χ4v) is 0.853. The van der Waals surface area contributed by atoms with Crippen molar-refractivity contribution in [2.45, 2.75) is 0 Å². The van der Waals surface area contributed by atoms with Gasteiger partial charge in [0.25, 0.3) is 0 Å². The molecule has 0 amide bonds. The van der Waals surface area contributed by atoms with Crippen LogP contribution in [0.2, 0.25) is 0 Å². The smallest absolute Gasteiger partial charge is 0.423 e. The van der Waals surface area contributed by atoms with Crippen LogP contribution in [0.25, 0.3) is 6.08 Å². The van der Waals surface area contributed by atoms with Gasteiger partial charge in [0.15, 0.2) is 0 Å². The molecule has 1 aromatic carbocycles. The first-order valence-corrected chi connectivity index (χ1v) is 3.98. The maximum absolute atomic E-state index is 8.70. The summed E-state index contributed by atoms with van der Waals surface area (Å²) in [4.78, 5) is 0. The van der Waals surface area contributed by atoms with E-state index in [2.05, 4.69) is 6.58 Å². The summed E-state index contributed by atoms with van der Waals surface area (Å²) in [5.41, 5.74) is 1.29. The SMILES string of the molecule is C=C(/C=C/c1ccccc1)B(O)O. The van der Waals surface area contributed by atoms with E-state index < -0.39 is 7.12 Å². The third kappa shape index (κ3) is 3.28. The van der Waals surface area contributed by atoms with Gasteiger partial charge in [-0.25, -0.2) is 0 Å². The summed E-state index contributed by atoms with van der Waals surface area (Å²) in [6.07, 6.45) is 3.36. The molecule has 0 bridgehead atoms. The van der Waals surface area contributed by atoms with Crippen molar-refractivity contribution in [3.8, 4) is 0 Å². The van der Waals surface area contributed by atoms with Crippen LogP contribution in [0.4, 0.5) is 0 Å². The summed E-state index contributed by atoms with van der Waals surface area (Å²) in [6.45, 7) is 3.48. The van der Waals surface area contributed by atoms with Gasteiger partial charge in [0.05, 0.1) is 0 Å². The van der Waals surface area contributed by atoms with Crippen LogP contribution in [0.3, 0.4) is 0 Å². The van der Waals surface area contributed by atoms with Crippen LogP contribution in [0.1, 0.15) is 5.56 Å². The van der Waals surface area contributed by atoms with Crippen molar-refractivity contribution in [2.75, 3.05) is 0 Å². The van der Waals surface area contributed by atoms with Gasteiger partial charge >= 0.3 is 7.12 Å². The largest absolute Gasteiger partial charge is 0.487 e. The lowest BCUT2D eigenvalue weighted by atomic mass is 9.80. The molecule has 0 aliphatic heterocycles. The second-order valence-corrected chi connectivity index (χ2v) is 2.69. The van der Waals surface area contributed by atoms with Gasteiger partial charge in [-0.1, -0.05) is 49.1 Å². The monoisotopic (exact) mass is 174 g/mol. The third-order valence-electron chi connectivity index (χ3n) is 1.62. The third-order valence-corrected chi connectivity index (χ3v) is 1.62. The van der Waals surface area contributed by atoms with E-state index in [0.717, 1.165) is 5.56 Å². The van der Waals surface area contributed by atoms with Gasteiger partial charge in [-0.05, 0) is 11.0 Å². The highest BCUT2D eigenvalue weighted by Crippen LogP contribution is 2.04.